The Bertz CT molecular complexity index is 620. The number of halogens is 1. The molecule has 0 spiro atoms. The van der Waals surface area contributed by atoms with Crippen LogP contribution in [-0.4, -0.2) is 12.4 Å². The number of aryl methyl sites for hydroxylation is 1. The van der Waals surface area contributed by atoms with Crippen molar-refractivity contribution in [1.82, 2.24) is 0 Å². The summed E-state index contributed by atoms with van der Waals surface area (Å²) in [4.78, 5) is 12.6. The first-order valence-corrected chi connectivity index (χ1v) is 7.51. The van der Waals surface area contributed by atoms with E-state index in [1.54, 1.807) is 0 Å². The van der Waals surface area contributed by atoms with E-state index in [1.807, 2.05) is 49.4 Å². The van der Waals surface area contributed by atoms with Gasteiger partial charge in [0.1, 0.15) is 5.75 Å². The molecule has 0 aliphatic rings. The van der Waals surface area contributed by atoms with Crippen molar-refractivity contribution in [3.05, 3.63) is 63.6 Å². The second-order valence-corrected chi connectivity index (χ2v) is 5.27. The van der Waals surface area contributed by atoms with Gasteiger partial charge in [-0.15, -0.1) is 0 Å². The SMILES string of the molecule is CCOc1ccc(C(=O)c2ccccc2CC)cc1Br. The van der Waals surface area contributed by atoms with Crippen LogP contribution in [0.25, 0.3) is 0 Å². The van der Waals surface area contributed by atoms with E-state index < -0.39 is 0 Å². The van der Waals surface area contributed by atoms with Crippen LogP contribution in [0, 0.1) is 0 Å². The van der Waals surface area contributed by atoms with Gasteiger partial charge in [0.15, 0.2) is 5.78 Å². The van der Waals surface area contributed by atoms with Gasteiger partial charge in [0.05, 0.1) is 11.1 Å². The molecular weight excluding hydrogens is 316 g/mol. The summed E-state index contributed by atoms with van der Waals surface area (Å²) in [6.07, 6.45) is 0.847. The van der Waals surface area contributed by atoms with Crippen molar-refractivity contribution < 1.29 is 9.53 Å². The minimum Gasteiger partial charge on any atom is -0.493 e. The molecule has 2 aromatic rings. The Labute approximate surface area is 127 Å². The standard InChI is InChI=1S/C17H17BrO2/c1-3-12-7-5-6-8-14(12)17(19)13-9-10-16(20-4-2)15(18)11-13/h5-11H,3-4H2,1-2H3. The smallest absolute Gasteiger partial charge is 0.193 e. The lowest BCUT2D eigenvalue weighted by molar-refractivity contribution is 0.103. The van der Waals surface area contributed by atoms with E-state index in [9.17, 15) is 4.79 Å². The Kier molecular flexibility index (Phi) is 4.96. The minimum atomic E-state index is 0.0474. The molecule has 2 nitrogen and oxygen atoms in total. The van der Waals surface area contributed by atoms with Crippen molar-refractivity contribution in [2.24, 2.45) is 0 Å². The second-order valence-electron chi connectivity index (χ2n) is 4.42. The first-order chi connectivity index (χ1) is 9.67. The molecule has 0 unspecified atom stereocenters. The van der Waals surface area contributed by atoms with E-state index in [1.165, 1.54) is 0 Å². The number of ether oxygens (including phenoxy) is 1. The molecule has 104 valence electrons. The second kappa shape index (κ2) is 6.71. The van der Waals surface area contributed by atoms with Gasteiger partial charge in [-0.05, 0) is 53.0 Å². The maximum Gasteiger partial charge on any atom is 0.193 e. The Hall–Kier alpha value is -1.61. The average Bonchev–Trinajstić information content (AvgIpc) is 2.48. The molecule has 0 bridgehead atoms. The molecule has 0 aliphatic carbocycles. The van der Waals surface area contributed by atoms with Gasteiger partial charge in [0.25, 0.3) is 0 Å². The van der Waals surface area contributed by atoms with Crippen LogP contribution in [0.2, 0.25) is 0 Å². The number of hydrogen-bond donors (Lipinski definition) is 0. The van der Waals surface area contributed by atoms with E-state index in [4.69, 9.17) is 4.74 Å². The van der Waals surface area contributed by atoms with Crippen LogP contribution in [0.4, 0.5) is 0 Å². The summed E-state index contributed by atoms with van der Waals surface area (Å²) in [7, 11) is 0. The summed E-state index contributed by atoms with van der Waals surface area (Å²) in [5.41, 5.74) is 2.51. The van der Waals surface area contributed by atoms with Crippen LogP contribution in [-0.2, 0) is 6.42 Å². The predicted octanol–water partition coefficient (Wildman–Crippen LogP) is 4.64. The molecule has 0 heterocycles. The fourth-order valence-corrected chi connectivity index (χ4v) is 2.61. The fraction of sp³-hybridized carbons (Fsp3) is 0.235. The third-order valence-electron chi connectivity index (χ3n) is 3.14. The highest BCUT2D eigenvalue weighted by Gasteiger charge is 2.14. The van der Waals surface area contributed by atoms with Crippen LogP contribution < -0.4 is 4.74 Å². The summed E-state index contributed by atoms with van der Waals surface area (Å²) < 4.78 is 6.27. The van der Waals surface area contributed by atoms with E-state index >= 15 is 0 Å². The molecule has 2 rings (SSSR count). The van der Waals surface area contributed by atoms with E-state index in [0.717, 1.165) is 27.8 Å². The zero-order chi connectivity index (χ0) is 14.5. The number of rotatable bonds is 5. The first-order valence-electron chi connectivity index (χ1n) is 6.72. The van der Waals surface area contributed by atoms with Crippen molar-refractivity contribution >= 4 is 21.7 Å². The Balaban J connectivity index is 2.36. The molecule has 0 fully saturated rings. The Morgan fingerprint density at radius 2 is 1.90 bits per heavy atom. The van der Waals surface area contributed by atoms with Crippen LogP contribution >= 0.6 is 15.9 Å². The van der Waals surface area contributed by atoms with Crippen molar-refractivity contribution in [3.63, 3.8) is 0 Å². The molecule has 0 saturated carbocycles. The number of carbonyl (C=O) groups is 1. The van der Waals surface area contributed by atoms with Crippen molar-refractivity contribution in [2.45, 2.75) is 20.3 Å². The Morgan fingerprint density at radius 3 is 2.55 bits per heavy atom. The van der Waals surface area contributed by atoms with Crippen molar-refractivity contribution in [2.75, 3.05) is 6.61 Å². The highest BCUT2D eigenvalue weighted by molar-refractivity contribution is 9.10. The van der Waals surface area contributed by atoms with Gasteiger partial charge in [-0.2, -0.15) is 0 Å². The number of hydrogen-bond acceptors (Lipinski definition) is 2. The third kappa shape index (κ3) is 3.10. The molecule has 0 aromatic heterocycles. The van der Waals surface area contributed by atoms with Crippen LogP contribution in [0.3, 0.4) is 0 Å². The van der Waals surface area contributed by atoms with E-state index in [2.05, 4.69) is 22.9 Å². The molecule has 0 aliphatic heterocycles. The molecule has 2 aromatic carbocycles. The van der Waals surface area contributed by atoms with Gasteiger partial charge in [-0.1, -0.05) is 31.2 Å². The fourth-order valence-electron chi connectivity index (χ4n) is 2.12. The van der Waals surface area contributed by atoms with E-state index in [-0.39, 0.29) is 5.78 Å². The lowest BCUT2D eigenvalue weighted by atomic mass is 9.97. The van der Waals surface area contributed by atoms with Gasteiger partial charge < -0.3 is 4.74 Å². The molecule has 0 amide bonds. The molecule has 0 atom stereocenters. The van der Waals surface area contributed by atoms with Crippen LogP contribution in [0.15, 0.2) is 46.9 Å². The average molecular weight is 333 g/mol. The lowest BCUT2D eigenvalue weighted by Crippen LogP contribution is -2.05. The largest absolute Gasteiger partial charge is 0.493 e. The van der Waals surface area contributed by atoms with Gasteiger partial charge in [0.2, 0.25) is 0 Å². The van der Waals surface area contributed by atoms with E-state index in [0.29, 0.717) is 12.2 Å². The normalized spacial score (nSPS) is 10.3. The molecule has 0 N–H and O–H groups in total. The minimum absolute atomic E-state index is 0.0474. The lowest BCUT2D eigenvalue weighted by Gasteiger charge is -2.09. The summed E-state index contributed by atoms with van der Waals surface area (Å²) >= 11 is 3.45. The van der Waals surface area contributed by atoms with Crippen LogP contribution in [0.1, 0.15) is 35.3 Å². The molecule has 20 heavy (non-hydrogen) atoms. The Morgan fingerprint density at radius 1 is 1.15 bits per heavy atom. The molecule has 0 radical (unpaired) electrons. The quantitative estimate of drug-likeness (QED) is 0.745. The zero-order valence-corrected chi connectivity index (χ0v) is 13.2. The number of ketones is 1. The molecular formula is C17H17BrO2. The van der Waals surface area contributed by atoms with Gasteiger partial charge in [-0.25, -0.2) is 0 Å². The number of carbonyl (C=O) groups excluding carboxylic acids is 1. The molecule has 3 heteroatoms. The van der Waals surface area contributed by atoms with Crippen molar-refractivity contribution in [3.8, 4) is 5.75 Å². The zero-order valence-electron chi connectivity index (χ0n) is 11.7. The van der Waals surface area contributed by atoms with Crippen molar-refractivity contribution in [1.29, 1.82) is 0 Å². The first kappa shape index (κ1) is 14.8. The van der Waals surface area contributed by atoms with Crippen LogP contribution in [0.5, 0.6) is 5.75 Å². The highest BCUT2D eigenvalue weighted by Crippen LogP contribution is 2.27. The van der Waals surface area contributed by atoms with Gasteiger partial charge >= 0.3 is 0 Å². The summed E-state index contributed by atoms with van der Waals surface area (Å²) in [5.74, 6) is 0.805. The predicted molar refractivity (Wildman–Crippen MR) is 84.6 cm³/mol. The molecule has 0 saturated heterocycles. The van der Waals surface area contributed by atoms with Gasteiger partial charge in [-0.3, -0.25) is 4.79 Å². The summed E-state index contributed by atoms with van der Waals surface area (Å²) in [5, 5.41) is 0. The van der Waals surface area contributed by atoms with Gasteiger partial charge in [0, 0.05) is 11.1 Å². The summed E-state index contributed by atoms with van der Waals surface area (Å²) in [6.45, 7) is 4.59. The maximum atomic E-state index is 12.6. The number of benzene rings is 2. The summed E-state index contributed by atoms with van der Waals surface area (Å²) in [6, 6.07) is 13.2. The monoisotopic (exact) mass is 332 g/mol. The highest BCUT2D eigenvalue weighted by atomic mass is 79.9. The topological polar surface area (TPSA) is 26.3 Å². The maximum absolute atomic E-state index is 12.6. The third-order valence-corrected chi connectivity index (χ3v) is 3.76.